The highest BCUT2D eigenvalue weighted by Crippen LogP contribution is 2.32. The highest BCUT2D eigenvalue weighted by atomic mass is 35.5. The molecule has 1 amide bonds. The summed E-state index contributed by atoms with van der Waals surface area (Å²) >= 11 is 12.4. The zero-order valence-corrected chi connectivity index (χ0v) is 22.2. The summed E-state index contributed by atoms with van der Waals surface area (Å²) in [7, 11) is -3.89. The van der Waals surface area contributed by atoms with Crippen LogP contribution >= 0.6 is 23.2 Å². The molecule has 0 radical (unpaired) electrons. The van der Waals surface area contributed by atoms with E-state index in [0.29, 0.717) is 18.1 Å². The molecule has 1 saturated heterocycles. The number of hydrogen-bond acceptors (Lipinski definition) is 4. The standard InChI is InChI=1S/C26H33Cl2N3O3S/c27-22-11-12-24(28)25(19-22)35(33,34)31(23-9-5-2-6-10-23)14-13-26(32)30-17-15-29(16-18-30)20-21-7-3-1-4-8-21/h1,3-4,7-8,11-12,19,23H,2,5-6,9-10,13-18,20H2. The van der Waals surface area contributed by atoms with Gasteiger partial charge in [-0.25, -0.2) is 8.42 Å². The van der Waals surface area contributed by atoms with Crippen molar-refractivity contribution in [1.29, 1.82) is 0 Å². The molecule has 9 heteroatoms. The summed E-state index contributed by atoms with van der Waals surface area (Å²) in [5, 5.41) is 0.470. The number of rotatable bonds is 8. The molecule has 2 aromatic carbocycles. The molecule has 35 heavy (non-hydrogen) atoms. The van der Waals surface area contributed by atoms with Crippen LogP contribution < -0.4 is 0 Å². The fraction of sp³-hybridized carbons (Fsp3) is 0.500. The molecule has 4 rings (SSSR count). The Balaban J connectivity index is 1.40. The van der Waals surface area contributed by atoms with Crippen molar-refractivity contribution in [2.24, 2.45) is 0 Å². The number of nitrogens with zero attached hydrogens (tertiary/aromatic N) is 3. The van der Waals surface area contributed by atoms with E-state index in [0.717, 1.165) is 51.7 Å². The van der Waals surface area contributed by atoms with Gasteiger partial charge in [-0.05, 0) is 36.6 Å². The average Bonchev–Trinajstić information content (AvgIpc) is 2.87. The van der Waals surface area contributed by atoms with E-state index in [4.69, 9.17) is 23.2 Å². The minimum atomic E-state index is -3.89. The van der Waals surface area contributed by atoms with Crippen molar-refractivity contribution in [2.45, 2.75) is 56.0 Å². The molecule has 1 aliphatic carbocycles. The molecule has 0 unspecified atom stereocenters. The van der Waals surface area contributed by atoms with Crippen molar-refractivity contribution in [3.8, 4) is 0 Å². The second kappa shape index (κ2) is 12.1. The Kier molecular flexibility index (Phi) is 9.11. The van der Waals surface area contributed by atoms with Crippen LogP contribution in [0.25, 0.3) is 0 Å². The van der Waals surface area contributed by atoms with Crippen molar-refractivity contribution >= 4 is 39.1 Å². The average molecular weight is 539 g/mol. The maximum absolute atomic E-state index is 13.7. The predicted octanol–water partition coefficient (Wildman–Crippen LogP) is 5.05. The van der Waals surface area contributed by atoms with Gasteiger partial charge in [0.25, 0.3) is 0 Å². The number of hydrogen-bond donors (Lipinski definition) is 0. The number of sulfonamides is 1. The van der Waals surface area contributed by atoms with Crippen LogP contribution in [0.4, 0.5) is 0 Å². The van der Waals surface area contributed by atoms with Crippen molar-refractivity contribution in [3.05, 3.63) is 64.1 Å². The monoisotopic (exact) mass is 537 g/mol. The topological polar surface area (TPSA) is 60.9 Å². The van der Waals surface area contributed by atoms with E-state index in [9.17, 15) is 13.2 Å². The summed E-state index contributed by atoms with van der Waals surface area (Å²) in [6, 6.07) is 14.7. The van der Waals surface area contributed by atoms with E-state index >= 15 is 0 Å². The molecule has 6 nitrogen and oxygen atoms in total. The number of piperazine rings is 1. The molecule has 0 bridgehead atoms. The normalized spacial score (nSPS) is 18.2. The molecule has 2 aliphatic rings. The lowest BCUT2D eigenvalue weighted by Gasteiger charge is -2.36. The van der Waals surface area contributed by atoms with Gasteiger partial charge in [0.1, 0.15) is 4.90 Å². The highest BCUT2D eigenvalue weighted by Gasteiger charge is 2.34. The van der Waals surface area contributed by atoms with Crippen LogP contribution in [0.5, 0.6) is 0 Å². The van der Waals surface area contributed by atoms with Crippen molar-refractivity contribution in [1.82, 2.24) is 14.1 Å². The van der Waals surface area contributed by atoms with Gasteiger partial charge in [0.15, 0.2) is 0 Å². The van der Waals surface area contributed by atoms with Gasteiger partial charge in [0, 0.05) is 56.8 Å². The summed E-state index contributed by atoms with van der Waals surface area (Å²) in [6.45, 7) is 3.95. The van der Waals surface area contributed by atoms with Gasteiger partial charge in [-0.15, -0.1) is 0 Å². The van der Waals surface area contributed by atoms with Gasteiger partial charge < -0.3 is 4.90 Å². The third kappa shape index (κ3) is 6.77. The number of benzene rings is 2. The fourth-order valence-corrected chi connectivity index (χ4v) is 7.46. The maximum Gasteiger partial charge on any atom is 0.244 e. The van der Waals surface area contributed by atoms with E-state index in [-0.39, 0.29) is 34.8 Å². The van der Waals surface area contributed by atoms with E-state index < -0.39 is 10.0 Å². The predicted molar refractivity (Wildman–Crippen MR) is 140 cm³/mol. The minimum absolute atomic E-state index is 0.00226. The molecule has 1 saturated carbocycles. The zero-order valence-electron chi connectivity index (χ0n) is 19.9. The summed E-state index contributed by atoms with van der Waals surface area (Å²) < 4.78 is 28.8. The van der Waals surface area contributed by atoms with Crippen LogP contribution in [0, 0.1) is 0 Å². The van der Waals surface area contributed by atoms with E-state index in [2.05, 4.69) is 17.0 Å². The number of halogens is 2. The van der Waals surface area contributed by atoms with Crippen molar-refractivity contribution < 1.29 is 13.2 Å². The first-order valence-corrected chi connectivity index (χ1v) is 14.5. The Morgan fingerprint density at radius 2 is 1.63 bits per heavy atom. The van der Waals surface area contributed by atoms with Crippen LogP contribution in [-0.4, -0.2) is 67.2 Å². The van der Waals surface area contributed by atoms with E-state index in [1.807, 2.05) is 23.1 Å². The summed E-state index contributed by atoms with van der Waals surface area (Å²) in [5.74, 6) is -0.00226. The Hall–Kier alpha value is -1.64. The molecule has 0 N–H and O–H groups in total. The van der Waals surface area contributed by atoms with Gasteiger partial charge in [-0.3, -0.25) is 9.69 Å². The summed E-state index contributed by atoms with van der Waals surface area (Å²) in [5.41, 5.74) is 1.26. The summed E-state index contributed by atoms with van der Waals surface area (Å²) in [4.78, 5) is 17.3. The highest BCUT2D eigenvalue weighted by molar-refractivity contribution is 7.89. The molecule has 0 atom stereocenters. The molecule has 0 spiro atoms. The molecule has 0 aromatic heterocycles. The quantitative estimate of drug-likeness (QED) is 0.472. The number of carbonyl (C=O) groups is 1. The summed E-state index contributed by atoms with van der Waals surface area (Å²) in [6.07, 6.45) is 4.82. The third-order valence-electron chi connectivity index (χ3n) is 6.98. The SMILES string of the molecule is O=C(CCN(C1CCCCC1)S(=O)(=O)c1cc(Cl)ccc1Cl)N1CCN(Cc2ccccc2)CC1. The van der Waals surface area contributed by atoms with Crippen LogP contribution in [0.3, 0.4) is 0 Å². The van der Waals surface area contributed by atoms with Crippen molar-refractivity contribution in [3.63, 3.8) is 0 Å². The first kappa shape index (κ1) is 26.4. The second-order valence-electron chi connectivity index (χ2n) is 9.37. The van der Waals surface area contributed by atoms with Crippen LogP contribution in [0.1, 0.15) is 44.1 Å². The molecule has 1 aliphatic heterocycles. The zero-order chi connectivity index (χ0) is 24.8. The van der Waals surface area contributed by atoms with Gasteiger partial charge >= 0.3 is 0 Å². The molecule has 190 valence electrons. The Bertz CT molecular complexity index is 1100. The smallest absolute Gasteiger partial charge is 0.244 e. The largest absolute Gasteiger partial charge is 0.340 e. The minimum Gasteiger partial charge on any atom is -0.340 e. The van der Waals surface area contributed by atoms with Gasteiger partial charge in [-0.2, -0.15) is 4.31 Å². The Labute approximate surface area is 218 Å². The van der Waals surface area contributed by atoms with E-state index in [1.165, 1.54) is 22.0 Å². The third-order valence-corrected chi connectivity index (χ3v) is 9.65. The van der Waals surface area contributed by atoms with Crippen LogP contribution in [-0.2, 0) is 21.4 Å². The van der Waals surface area contributed by atoms with E-state index in [1.54, 1.807) is 6.07 Å². The fourth-order valence-electron chi connectivity index (χ4n) is 5.03. The molecule has 2 fully saturated rings. The molecule has 2 aromatic rings. The Morgan fingerprint density at radius 1 is 0.943 bits per heavy atom. The van der Waals surface area contributed by atoms with Gasteiger partial charge in [0.2, 0.25) is 15.9 Å². The lowest BCUT2D eigenvalue weighted by atomic mass is 9.95. The van der Waals surface area contributed by atoms with Crippen LogP contribution in [0.2, 0.25) is 10.0 Å². The van der Waals surface area contributed by atoms with Crippen molar-refractivity contribution in [2.75, 3.05) is 32.7 Å². The Morgan fingerprint density at radius 3 is 2.31 bits per heavy atom. The van der Waals surface area contributed by atoms with Gasteiger partial charge in [0.05, 0.1) is 5.02 Å². The number of carbonyl (C=O) groups excluding carboxylic acids is 1. The lowest BCUT2D eigenvalue weighted by Crippen LogP contribution is -2.49. The van der Waals surface area contributed by atoms with Gasteiger partial charge in [-0.1, -0.05) is 72.8 Å². The molecular formula is C26H33Cl2N3O3S. The van der Waals surface area contributed by atoms with Crippen LogP contribution in [0.15, 0.2) is 53.4 Å². The first-order chi connectivity index (χ1) is 16.8. The first-order valence-electron chi connectivity index (χ1n) is 12.4. The number of amides is 1. The maximum atomic E-state index is 13.7. The lowest BCUT2D eigenvalue weighted by molar-refractivity contribution is -0.133. The molecular weight excluding hydrogens is 505 g/mol. The molecule has 1 heterocycles. The second-order valence-corrected chi connectivity index (χ2v) is 12.1.